The minimum atomic E-state index is 0.541. The molecule has 0 saturated carbocycles. The first-order chi connectivity index (χ1) is 12.3. The SMILES string of the molecule is CNc1ccc(CN(CCC#N)Cc2cccc3ccccc23)cc1. The van der Waals surface area contributed by atoms with Crippen LogP contribution < -0.4 is 5.32 Å². The van der Waals surface area contributed by atoms with Crippen LogP contribution in [0.2, 0.25) is 0 Å². The van der Waals surface area contributed by atoms with E-state index in [-0.39, 0.29) is 0 Å². The van der Waals surface area contributed by atoms with Gasteiger partial charge in [-0.2, -0.15) is 5.26 Å². The lowest BCUT2D eigenvalue weighted by Gasteiger charge is -2.22. The molecule has 0 fully saturated rings. The van der Waals surface area contributed by atoms with Crippen LogP contribution in [0.3, 0.4) is 0 Å². The van der Waals surface area contributed by atoms with Crippen molar-refractivity contribution < 1.29 is 0 Å². The molecule has 1 N–H and O–H groups in total. The number of fused-ring (bicyclic) bond motifs is 1. The second kappa shape index (κ2) is 8.32. The van der Waals surface area contributed by atoms with Gasteiger partial charge in [0.2, 0.25) is 0 Å². The molecule has 0 aliphatic rings. The summed E-state index contributed by atoms with van der Waals surface area (Å²) in [6.07, 6.45) is 0.541. The van der Waals surface area contributed by atoms with E-state index in [1.54, 1.807) is 0 Å². The van der Waals surface area contributed by atoms with Crippen LogP contribution in [0.4, 0.5) is 5.69 Å². The van der Waals surface area contributed by atoms with E-state index in [4.69, 9.17) is 5.26 Å². The molecule has 3 nitrogen and oxygen atoms in total. The Balaban J connectivity index is 1.81. The first-order valence-electron chi connectivity index (χ1n) is 8.63. The zero-order valence-electron chi connectivity index (χ0n) is 14.6. The summed E-state index contributed by atoms with van der Waals surface area (Å²) in [6, 6.07) is 25.7. The summed E-state index contributed by atoms with van der Waals surface area (Å²) in [5.41, 5.74) is 3.68. The molecule has 3 rings (SSSR count). The predicted octanol–water partition coefficient (Wildman–Crippen LogP) is 4.80. The molecule has 0 aliphatic carbocycles. The number of benzene rings is 3. The lowest BCUT2D eigenvalue weighted by atomic mass is 10.0. The maximum absolute atomic E-state index is 9.00. The molecule has 0 radical (unpaired) electrons. The minimum Gasteiger partial charge on any atom is -0.388 e. The topological polar surface area (TPSA) is 39.1 Å². The Hall–Kier alpha value is -2.83. The van der Waals surface area contributed by atoms with Crippen molar-refractivity contribution >= 4 is 16.5 Å². The van der Waals surface area contributed by atoms with Crippen LogP contribution in [0.5, 0.6) is 0 Å². The van der Waals surface area contributed by atoms with Gasteiger partial charge in [-0.3, -0.25) is 4.90 Å². The molecule has 126 valence electrons. The average molecular weight is 329 g/mol. The van der Waals surface area contributed by atoms with Gasteiger partial charge in [-0.1, -0.05) is 54.6 Å². The summed E-state index contributed by atoms with van der Waals surface area (Å²) in [6.45, 7) is 2.46. The minimum absolute atomic E-state index is 0.541. The highest BCUT2D eigenvalue weighted by atomic mass is 15.1. The summed E-state index contributed by atoms with van der Waals surface area (Å²) in [4.78, 5) is 2.35. The molecular formula is C22H23N3. The van der Waals surface area contributed by atoms with Crippen LogP contribution in [-0.2, 0) is 13.1 Å². The van der Waals surface area contributed by atoms with Crippen LogP contribution in [-0.4, -0.2) is 18.5 Å². The fourth-order valence-corrected chi connectivity index (χ4v) is 3.13. The average Bonchev–Trinajstić information content (AvgIpc) is 2.67. The molecule has 3 aromatic rings. The zero-order chi connectivity index (χ0) is 17.5. The van der Waals surface area contributed by atoms with Gasteiger partial charge in [-0.25, -0.2) is 0 Å². The van der Waals surface area contributed by atoms with Crippen molar-refractivity contribution in [2.45, 2.75) is 19.5 Å². The van der Waals surface area contributed by atoms with Crippen molar-refractivity contribution in [3.63, 3.8) is 0 Å². The number of anilines is 1. The van der Waals surface area contributed by atoms with Crippen LogP contribution >= 0.6 is 0 Å². The van der Waals surface area contributed by atoms with Gasteiger partial charge in [0.1, 0.15) is 0 Å². The zero-order valence-corrected chi connectivity index (χ0v) is 14.6. The third-order valence-corrected chi connectivity index (χ3v) is 4.46. The second-order valence-corrected chi connectivity index (χ2v) is 6.20. The molecule has 25 heavy (non-hydrogen) atoms. The van der Waals surface area contributed by atoms with Crippen molar-refractivity contribution in [3.05, 3.63) is 77.9 Å². The molecular weight excluding hydrogens is 306 g/mol. The quantitative estimate of drug-likeness (QED) is 0.677. The Morgan fingerprint density at radius 1 is 0.920 bits per heavy atom. The molecule has 0 atom stereocenters. The molecule has 0 saturated heterocycles. The van der Waals surface area contributed by atoms with Gasteiger partial charge in [0.15, 0.2) is 0 Å². The van der Waals surface area contributed by atoms with Gasteiger partial charge in [-0.05, 0) is 34.0 Å². The summed E-state index contributed by atoms with van der Waals surface area (Å²) in [5, 5.41) is 14.7. The van der Waals surface area contributed by atoms with Gasteiger partial charge >= 0.3 is 0 Å². The van der Waals surface area contributed by atoms with Crippen LogP contribution in [0.1, 0.15) is 17.5 Å². The smallest absolute Gasteiger partial charge is 0.0635 e. The van der Waals surface area contributed by atoms with E-state index in [1.165, 1.54) is 21.9 Å². The number of hydrogen-bond acceptors (Lipinski definition) is 3. The molecule has 0 bridgehead atoms. The standard InChI is InChI=1S/C22H23N3/c1-24-21-12-10-18(11-13-21)16-25(15-5-14-23)17-20-8-4-7-19-6-2-3-9-22(19)20/h2-4,6-13,24H,5,15-17H2,1H3. The van der Waals surface area contributed by atoms with Crippen molar-refractivity contribution in [1.29, 1.82) is 5.26 Å². The van der Waals surface area contributed by atoms with E-state index in [0.717, 1.165) is 25.3 Å². The van der Waals surface area contributed by atoms with E-state index in [1.807, 2.05) is 7.05 Å². The van der Waals surface area contributed by atoms with E-state index in [9.17, 15) is 0 Å². The second-order valence-electron chi connectivity index (χ2n) is 6.20. The van der Waals surface area contributed by atoms with Crippen LogP contribution in [0, 0.1) is 11.3 Å². The van der Waals surface area contributed by atoms with Gasteiger partial charge in [0, 0.05) is 38.8 Å². The Labute approximate surface area is 149 Å². The summed E-state index contributed by atoms with van der Waals surface area (Å²) >= 11 is 0. The Morgan fingerprint density at radius 2 is 1.68 bits per heavy atom. The number of rotatable bonds is 7. The number of nitrogens with zero attached hydrogens (tertiary/aromatic N) is 2. The van der Waals surface area contributed by atoms with E-state index >= 15 is 0 Å². The third-order valence-electron chi connectivity index (χ3n) is 4.46. The third kappa shape index (κ3) is 4.37. The molecule has 0 heterocycles. The van der Waals surface area contributed by atoms with Gasteiger partial charge < -0.3 is 5.32 Å². The highest BCUT2D eigenvalue weighted by Gasteiger charge is 2.09. The van der Waals surface area contributed by atoms with Crippen molar-refractivity contribution in [1.82, 2.24) is 4.90 Å². The largest absolute Gasteiger partial charge is 0.388 e. The molecule has 0 amide bonds. The summed E-state index contributed by atoms with van der Waals surface area (Å²) in [7, 11) is 1.93. The summed E-state index contributed by atoms with van der Waals surface area (Å²) in [5.74, 6) is 0. The Kier molecular flexibility index (Phi) is 5.66. The normalized spacial score (nSPS) is 10.8. The molecule has 3 heteroatoms. The van der Waals surface area contributed by atoms with Crippen LogP contribution in [0.15, 0.2) is 66.7 Å². The fraction of sp³-hybridized carbons (Fsp3) is 0.227. The maximum Gasteiger partial charge on any atom is 0.0635 e. The van der Waals surface area contributed by atoms with Gasteiger partial charge in [0.25, 0.3) is 0 Å². The highest BCUT2D eigenvalue weighted by molar-refractivity contribution is 5.85. The van der Waals surface area contributed by atoms with E-state index in [0.29, 0.717) is 6.42 Å². The lowest BCUT2D eigenvalue weighted by Crippen LogP contribution is -2.24. The number of nitrogens with one attached hydrogen (secondary N) is 1. The number of hydrogen-bond donors (Lipinski definition) is 1. The number of nitriles is 1. The van der Waals surface area contributed by atoms with Crippen molar-refractivity contribution in [2.24, 2.45) is 0 Å². The summed E-state index contributed by atoms with van der Waals surface area (Å²) < 4.78 is 0. The molecule has 3 aromatic carbocycles. The van der Waals surface area contributed by atoms with Gasteiger partial charge in [0.05, 0.1) is 6.07 Å². The Morgan fingerprint density at radius 3 is 2.44 bits per heavy atom. The van der Waals surface area contributed by atoms with Gasteiger partial charge in [-0.15, -0.1) is 0 Å². The van der Waals surface area contributed by atoms with Crippen LogP contribution in [0.25, 0.3) is 10.8 Å². The maximum atomic E-state index is 9.00. The molecule has 0 aromatic heterocycles. The molecule has 0 unspecified atom stereocenters. The molecule has 0 spiro atoms. The van der Waals surface area contributed by atoms with E-state index < -0.39 is 0 Å². The fourth-order valence-electron chi connectivity index (χ4n) is 3.13. The lowest BCUT2D eigenvalue weighted by molar-refractivity contribution is 0.264. The first kappa shape index (κ1) is 17.0. The molecule has 0 aliphatic heterocycles. The monoisotopic (exact) mass is 329 g/mol. The van der Waals surface area contributed by atoms with E-state index in [2.05, 4.69) is 83.0 Å². The first-order valence-corrected chi connectivity index (χ1v) is 8.63. The van der Waals surface area contributed by atoms with Crippen molar-refractivity contribution in [3.8, 4) is 6.07 Å². The highest BCUT2D eigenvalue weighted by Crippen LogP contribution is 2.21. The van der Waals surface area contributed by atoms with Crippen molar-refractivity contribution in [2.75, 3.05) is 18.9 Å². The predicted molar refractivity (Wildman–Crippen MR) is 104 cm³/mol. The Bertz CT molecular complexity index is 857.